The van der Waals surface area contributed by atoms with Gasteiger partial charge in [-0.1, -0.05) is 33.6 Å². The highest BCUT2D eigenvalue weighted by Gasteiger charge is 2.30. The Morgan fingerprint density at radius 2 is 1.73 bits per heavy atom. The van der Waals surface area contributed by atoms with Crippen molar-refractivity contribution < 1.29 is 14.6 Å². The normalized spacial score (nSPS) is 14.3. The van der Waals surface area contributed by atoms with Gasteiger partial charge in [0.25, 0.3) is 0 Å². The molecule has 128 valence electrons. The highest BCUT2D eigenvalue weighted by molar-refractivity contribution is 5.68. The first kappa shape index (κ1) is 20.8. The Morgan fingerprint density at radius 1 is 1.18 bits per heavy atom. The van der Waals surface area contributed by atoms with Gasteiger partial charge >= 0.3 is 6.09 Å². The first-order chi connectivity index (χ1) is 9.94. The zero-order valence-corrected chi connectivity index (χ0v) is 15.4. The summed E-state index contributed by atoms with van der Waals surface area (Å²) in [5.74, 6) is 6.68. The van der Waals surface area contributed by atoms with Gasteiger partial charge in [-0.25, -0.2) is 4.79 Å². The Balaban J connectivity index is 5.01. The second-order valence-corrected chi connectivity index (χ2v) is 7.65. The van der Waals surface area contributed by atoms with E-state index in [2.05, 4.69) is 39.5 Å². The minimum Gasteiger partial charge on any atom is -0.444 e. The van der Waals surface area contributed by atoms with Gasteiger partial charge in [0, 0.05) is 13.5 Å². The second kappa shape index (κ2) is 9.05. The lowest BCUT2D eigenvalue weighted by Crippen LogP contribution is -2.47. The number of amides is 1. The van der Waals surface area contributed by atoms with E-state index in [0.717, 1.165) is 6.42 Å². The Hall–Kier alpha value is -1.21. The molecule has 0 aliphatic carbocycles. The van der Waals surface area contributed by atoms with Crippen LogP contribution in [-0.4, -0.2) is 40.9 Å². The molecule has 0 fully saturated rings. The summed E-state index contributed by atoms with van der Waals surface area (Å²) in [6.45, 7) is 13.8. The number of rotatable bonds is 5. The van der Waals surface area contributed by atoms with E-state index in [9.17, 15) is 9.90 Å². The highest BCUT2D eigenvalue weighted by atomic mass is 16.6. The monoisotopic (exact) mass is 311 g/mol. The summed E-state index contributed by atoms with van der Waals surface area (Å²) in [7, 11) is 1.66. The van der Waals surface area contributed by atoms with Crippen LogP contribution in [0.1, 0.15) is 61.3 Å². The summed E-state index contributed by atoms with van der Waals surface area (Å²) in [4.78, 5) is 13.7. The lowest BCUT2D eigenvalue weighted by molar-refractivity contribution is 0.00697. The zero-order valence-electron chi connectivity index (χ0n) is 15.4. The molecule has 0 aliphatic heterocycles. The number of aliphatic hydroxyl groups excluding tert-OH is 1. The Bertz CT molecular complexity index is 399. The van der Waals surface area contributed by atoms with Gasteiger partial charge in [-0.2, -0.15) is 0 Å². The number of nitrogens with zero attached hydrogens (tertiary/aromatic N) is 1. The molecular weight excluding hydrogens is 278 g/mol. The third-order valence-corrected chi connectivity index (χ3v) is 3.02. The Morgan fingerprint density at radius 3 is 2.14 bits per heavy atom. The summed E-state index contributed by atoms with van der Waals surface area (Å²) in [5.41, 5.74) is -0.554. The maximum absolute atomic E-state index is 12.2. The first-order valence-electron chi connectivity index (χ1n) is 8.06. The van der Waals surface area contributed by atoms with Crippen LogP contribution >= 0.6 is 0 Å². The lowest BCUT2D eigenvalue weighted by atomic mass is 9.98. The van der Waals surface area contributed by atoms with Crippen molar-refractivity contribution in [3.05, 3.63) is 0 Å². The predicted octanol–water partition coefficient (Wildman–Crippen LogP) is 3.68. The Labute approximate surface area is 136 Å². The van der Waals surface area contributed by atoms with Crippen LogP contribution in [0.3, 0.4) is 0 Å². The molecule has 0 saturated carbocycles. The summed E-state index contributed by atoms with van der Waals surface area (Å²) in [6.07, 6.45) is 0.121. The standard InChI is InChI=1S/C18H33NO3/c1-13(2)10-9-11-16(20)15(12-14(3)4)19(8)17(21)22-18(5,6)7/h13-16,20H,10,12H2,1-8H3/t15-,16-/m0/s1. The molecule has 0 spiro atoms. The number of ether oxygens (including phenoxy) is 1. The fraction of sp³-hybridized carbons (Fsp3) is 0.833. The smallest absolute Gasteiger partial charge is 0.410 e. The first-order valence-corrected chi connectivity index (χ1v) is 8.06. The average Bonchev–Trinajstić information content (AvgIpc) is 2.32. The van der Waals surface area contributed by atoms with Crippen LogP contribution in [0.4, 0.5) is 4.79 Å². The number of carbonyl (C=O) groups excluding carboxylic acids is 1. The molecule has 22 heavy (non-hydrogen) atoms. The van der Waals surface area contributed by atoms with Crippen LogP contribution < -0.4 is 0 Å². The lowest BCUT2D eigenvalue weighted by Gasteiger charge is -2.32. The fourth-order valence-electron chi connectivity index (χ4n) is 1.91. The van der Waals surface area contributed by atoms with Crippen molar-refractivity contribution in [2.45, 2.75) is 79.1 Å². The predicted molar refractivity (Wildman–Crippen MR) is 90.5 cm³/mol. The number of carbonyl (C=O) groups is 1. The van der Waals surface area contributed by atoms with E-state index in [1.165, 1.54) is 4.90 Å². The van der Waals surface area contributed by atoms with Crippen LogP contribution in [0.15, 0.2) is 0 Å². The molecule has 0 radical (unpaired) electrons. The van der Waals surface area contributed by atoms with Gasteiger partial charge < -0.3 is 14.7 Å². The van der Waals surface area contributed by atoms with E-state index in [0.29, 0.717) is 18.3 Å². The van der Waals surface area contributed by atoms with Crippen LogP contribution in [0.2, 0.25) is 0 Å². The van der Waals surface area contributed by atoms with E-state index in [-0.39, 0.29) is 6.04 Å². The SMILES string of the molecule is CC(C)CC#C[C@H](O)[C@H](CC(C)C)N(C)C(=O)OC(C)(C)C. The van der Waals surface area contributed by atoms with Gasteiger partial charge in [-0.05, 0) is 39.0 Å². The largest absolute Gasteiger partial charge is 0.444 e. The molecule has 0 heterocycles. The van der Waals surface area contributed by atoms with Crippen molar-refractivity contribution >= 4 is 6.09 Å². The Kier molecular flexibility index (Phi) is 8.55. The van der Waals surface area contributed by atoms with Gasteiger partial charge in [0.05, 0.1) is 6.04 Å². The summed E-state index contributed by atoms with van der Waals surface area (Å²) >= 11 is 0. The van der Waals surface area contributed by atoms with E-state index in [1.807, 2.05) is 20.8 Å². The van der Waals surface area contributed by atoms with Gasteiger partial charge in [0.2, 0.25) is 0 Å². The number of aliphatic hydroxyl groups is 1. The zero-order chi connectivity index (χ0) is 17.5. The molecular formula is C18H33NO3. The quantitative estimate of drug-likeness (QED) is 0.788. The number of hydrogen-bond acceptors (Lipinski definition) is 3. The van der Waals surface area contributed by atoms with E-state index in [4.69, 9.17) is 4.74 Å². The molecule has 0 aliphatic rings. The van der Waals surface area contributed by atoms with Crippen LogP contribution in [0, 0.1) is 23.7 Å². The molecule has 0 aromatic carbocycles. The van der Waals surface area contributed by atoms with E-state index < -0.39 is 17.8 Å². The second-order valence-electron chi connectivity index (χ2n) is 7.65. The maximum atomic E-state index is 12.2. The molecule has 0 rings (SSSR count). The maximum Gasteiger partial charge on any atom is 0.410 e. The van der Waals surface area contributed by atoms with Crippen molar-refractivity contribution in [3.8, 4) is 11.8 Å². The molecule has 1 N–H and O–H groups in total. The molecule has 4 nitrogen and oxygen atoms in total. The van der Waals surface area contributed by atoms with Crippen molar-refractivity contribution in [1.82, 2.24) is 4.90 Å². The third-order valence-electron chi connectivity index (χ3n) is 3.02. The molecule has 0 saturated heterocycles. The van der Waals surface area contributed by atoms with Gasteiger partial charge in [0.1, 0.15) is 11.7 Å². The molecule has 0 aromatic rings. The molecule has 0 aromatic heterocycles. The number of likely N-dealkylation sites (N-methyl/N-ethyl adjacent to an activating group) is 1. The van der Waals surface area contributed by atoms with Crippen molar-refractivity contribution in [1.29, 1.82) is 0 Å². The summed E-state index contributed by atoms with van der Waals surface area (Å²) < 4.78 is 5.38. The van der Waals surface area contributed by atoms with Crippen LogP contribution in [-0.2, 0) is 4.74 Å². The average molecular weight is 311 g/mol. The van der Waals surface area contributed by atoms with Gasteiger partial charge in [-0.15, -0.1) is 5.92 Å². The van der Waals surface area contributed by atoms with Crippen molar-refractivity contribution in [2.24, 2.45) is 11.8 Å². The minimum absolute atomic E-state index is 0.344. The van der Waals surface area contributed by atoms with Crippen LogP contribution in [0.25, 0.3) is 0 Å². The van der Waals surface area contributed by atoms with Gasteiger partial charge in [-0.3, -0.25) is 0 Å². The fourth-order valence-corrected chi connectivity index (χ4v) is 1.91. The molecule has 0 unspecified atom stereocenters. The van der Waals surface area contributed by atoms with Gasteiger partial charge in [0.15, 0.2) is 0 Å². The minimum atomic E-state index is -0.862. The molecule has 4 heteroatoms. The van der Waals surface area contributed by atoms with Crippen molar-refractivity contribution in [2.75, 3.05) is 7.05 Å². The topological polar surface area (TPSA) is 49.8 Å². The summed E-state index contributed by atoms with van der Waals surface area (Å²) in [5, 5.41) is 10.4. The van der Waals surface area contributed by atoms with E-state index in [1.54, 1.807) is 7.05 Å². The highest BCUT2D eigenvalue weighted by Crippen LogP contribution is 2.17. The number of hydrogen-bond donors (Lipinski definition) is 1. The van der Waals surface area contributed by atoms with E-state index >= 15 is 0 Å². The molecule has 0 bridgehead atoms. The van der Waals surface area contributed by atoms with Crippen LogP contribution in [0.5, 0.6) is 0 Å². The van der Waals surface area contributed by atoms with Crippen molar-refractivity contribution in [3.63, 3.8) is 0 Å². The summed E-state index contributed by atoms with van der Waals surface area (Å²) in [6, 6.07) is -0.366. The molecule has 2 atom stereocenters. The molecule has 1 amide bonds. The third kappa shape index (κ3) is 8.94.